The summed E-state index contributed by atoms with van der Waals surface area (Å²) in [5.74, 6) is 0.0576. The smallest absolute Gasteiger partial charge is 0.226 e. The number of nitrogens with zero attached hydrogens (tertiary/aromatic N) is 1. The molecule has 2 N–H and O–H groups in total. The first-order valence-corrected chi connectivity index (χ1v) is 7.90. The molecule has 1 aromatic carbocycles. The molecule has 1 atom stereocenters. The van der Waals surface area contributed by atoms with Gasteiger partial charge in [-0.3, -0.25) is 4.79 Å². The van der Waals surface area contributed by atoms with Crippen molar-refractivity contribution in [3.8, 4) is 0 Å². The standard InChI is InChI=1S/C17H27N3O/c1-13(2)17(21)19-16-7-4-6-15(12-16)18-14-8-5-10-20(3)11-9-14/h4,6-7,12-14,18H,5,8-11H2,1-3H3,(H,19,21). The number of anilines is 2. The number of carbonyl (C=O) groups excluding carboxylic acids is 1. The minimum Gasteiger partial charge on any atom is -0.382 e. The van der Waals surface area contributed by atoms with Crippen LogP contribution in [0.4, 0.5) is 11.4 Å². The van der Waals surface area contributed by atoms with Crippen molar-refractivity contribution in [2.75, 3.05) is 30.8 Å². The van der Waals surface area contributed by atoms with E-state index in [1.807, 2.05) is 32.0 Å². The topological polar surface area (TPSA) is 44.4 Å². The van der Waals surface area contributed by atoms with Crippen LogP contribution in [0.15, 0.2) is 24.3 Å². The average molecular weight is 289 g/mol. The number of carbonyl (C=O) groups is 1. The van der Waals surface area contributed by atoms with Gasteiger partial charge in [0.1, 0.15) is 0 Å². The molecule has 1 amide bonds. The minimum absolute atomic E-state index is 0.000917. The van der Waals surface area contributed by atoms with Gasteiger partial charge in [-0.2, -0.15) is 0 Å². The second kappa shape index (κ2) is 7.46. The number of amides is 1. The fraction of sp³-hybridized carbons (Fsp3) is 0.588. The highest BCUT2D eigenvalue weighted by Crippen LogP contribution is 2.20. The van der Waals surface area contributed by atoms with E-state index in [0.717, 1.165) is 17.9 Å². The molecule has 116 valence electrons. The largest absolute Gasteiger partial charge is 0.382 e. The van der Waals surface area contributed by atoms with Crippen LogP contribution in [0.2, 0.25) is 0 Å². The third kappa shape index (κ3) is 5.05. The van der Waals surface area contributed by atoms with Gasteiger partial charge in [-0.05, 0) is 57.6 Å². The predicted molar refractivity (Wildman–Crippen MR) is 88.7 cm³/mol. The van der Waals surface area contributed by atoms with E-state index >= 15 is 0 Å². The van der Waals surface area contributed by atoms with Crippen LogP contribution in [-0.2, 0) is 4.79 Å². The fourth-order valence-corrected chi connectivity index (χ4v) is 2.59. The summed E-state index contributed by atoms with van der Waals surface area (Å²) in [6, 6.07) is 8.54. The first-order chi connectivity index (χ1) is 10.0. The Morgan fingerprint density at radius 1 is 1.24 bits per heavy atom. The van der Waals surface area contributed by atoms with Crippen molar-refractivity contribution >= 4 is 17.3 Å². The summed E-state index contributed by atoms with van der Waals surface area (Å²) >= 11 is 0. The zero-order valence-electron chi connectivity index (χ0n) is 13.4. The summed E-state index contributed by atoms with van der Waals surface area (Å²) in [7, 11) is 2.18. The Balaban J connectivity index is 1.95. The number of likely N-dealkylation sites (tertiary alicyclic amines) is 1. The summed E-state index contributed by atoms with van der Waals surface area (Å²) < 4.78 is 0. The third-order valence-electron chi connectivity index (χ3n) is 3.98. The van der Waals surface area contributed by atoms with Crippen LogP contribution in [0.25, 0.3) is 0 Å². The Morgan fingerprint density at radius 2 is 2.00 bits per heavy atom. The molecular formula is C17H27N3O. The van der Waals surface area contributed by atoms with Crippen molar-refractivity contribution in [1.82, 2.24) is 4.90 Å². The molecule has 1 fully saturated rings. The summed E-state index contributed by atoms with van der Waals surface area (Å²) in [6.45, 7) is 6.13. The Morgan fingerprint density at radius 3 is 2.76 bits per heavy atom. The van der Waals surface area contributed by atoms with E-state index in [-0.39, 0.29) is 11.8 Å². The maximum Gasteiger partial charge on any atom is 0.226 e. The molecule has 0 aromatic heterocycles. The van der Waals surface area contributed by atoms with Gasteiger partial charge in [0.25, 0.3) is 0 Å². The van der Waals surface area contributed by atoms with Crippen LogP contribution in [0, 0.1) is 5.92 Å². The van der Waals surface area contributed by atoms with Crippen molar-refractivity contribution in [3.05, 3.63) is 24.3 Å². The quantitative estimate of drug-likeness (QED) is 0.895. The van der Waals surface area contributed by atoms with Gasteiger partial charge in [0.2, 0.25) is 5.91 Å². The molecular weight excluding hydrogens is 262 g/mol. The van der Waals surface area contributed by atoms with E-state index in [2.05, 4.69) is 28.6 Å². The molecule has 4 nitrogen and oxygen atoms in total. The maximum atomic E-state index is 11.8. The van der Waals surface area contributed by atoms with E-state index in [1.54, 1.807) is 0 Å². The van der Waals surface area contributed by atoms with Crippen molar-refractivity contribution in [2.45, 2.75) is 39.2 Å². The predicted octanol–water partition coefficient (Wildman–Crippen LogP) is 3.18. The molecule has 1 unspecified atom stereocenters. The van der Waals surface area contributed by atoms with Crippen LogP contribution in [0.3, 0.4) is 0 Å². The summed E-state index contributed by atoms with van der Waals surface area (Å²) in [5.41, 5.74) is 1.95. The maximum absolute atomic E-state index is 11.8. The first-order valence-electron chi connectivity index (χ1n) is 7.90. The van der Waals surface area contributed by atoms with E-state index in [0.29, 0.717) is 6.04 Å². The molecule has 21 heavy (non-hydrogen) atoms. The highest BCUT2D eigenvalue weighted by atomic mass is 16.1. The summed E-state index contributed by atoms with van der Waals surface area (Å²) in [5, 5.41) is 6.56. The number of rotatable bonds is 4. The van der Waals surface area contributed by atoms with Crippen molar-refractivity contribution < 1.29 is 4.79 Å². The first kappa shape index (κ1) is 15.8. The molecule has 4 heteroatoms. The monoisotopic (exact) mass is 289 g/mol. The van der Waals surface area contributed by atoms with Crippen LogP contribution in [0.5, 0.6) is 0 Å². The molecule has 0 radical (unpaired) electrons. The van der Waals surface area contributed by atoms with E-state index in [9.17, 15) is 4.79 Å². The molecule has 1 saturated heterocycles. The summed E-state index contributed by atoms with van der Waals surface area (Å²) in [6.07, 6.45) is 3.60. The molecule has 0 bridgehead atoms. The Kier molecular flexibility index (Phi) is 5.62. The van der Waals surface area contributed by atoms with Crippen LogP contribution >= 0.6 is 0 Å². The second-order valence-corrected chi connectivity index (χ2v) is 6.30. The van der Waals surface area contributed by atoms with Gasteiger partial charge in [-0.1, -0.05) is 19.9 Å². The fourth-order valence-electron chi connectivity index (χ4n) is 2.59. The van der Waals surface area contributed by atoms with Gasteiger partial charge in [0.05, 0.1) is 0 Å². The van der Waals surface area contributed by atoms with Crippen LogP contribution in [-0.4, -0.2) is 37.0 Å². The van der Waals surface area contributed by atoms with Crippen LogP contribution in [0.1, 0.15) is 33.1 Å². The number of hydrogen-bond acceptors (Lipinski definition) is 3. The minimum atomic E-state index is -0.000917. The molecule has 1 aromatic rings. The van der Waals surface area contributed by atoms with Gasteiger partial charge in [0, 0.05) is 23.3 Å². The lowest BCUT2D eigenvalue weighted by Crippen LogP contribution is -2.23. The van der Waals surface area contributed by atoms with E-state index < -0.39 is 0 Å². The number of benzene rings is 1. The molecule has 0 aliphatic carbocycles. The van der Waals surface area contributed by atoms with E-state index in [4.69, 9.17) is 0 Å². The molecule has 1 aliphatic rings. The van der Waals surface area contributed by atoms with E-state index in [1.165, 1.54) is 25.8 Å². The van der Waals surface area contributed by atoms with Crippen molar-refractivity contribution in [3.63, 3.8) is 0 Å². The molecule has 2 rings (SSSR count). The zero-order chi connectivity index (χ0) is 15.2. The van der Waals surface area contributed by atoms with Crippen molar-refractivity contribution in [2.24, 2.45) is 5.92 Å². The van der Waals surface area contributed by atoms with Gasteiger partial charge in [0.15, 0.2) is 0 Å². The Hall–Kier alpha value is -1.55. The lowest BCUT2D eigenvalue weighted by atomic mass is 10.1. The molecule has 1 aliphatic heterocycles. The lowest BCUT2D eigenvalue weighted by molar-refractivity contribution is -0.118. The van der Waals surface area contributed by atoms with Gasteiger partial charge in [-0.25, -0.2) is 0 Å². The van der Waals surface area contributed by atoms with Crippen molar-refractivity contribution in [1.29, 1.82) is 0 Å². The molecule has 0 saturated carbocycles. The molecule has 0 spiro atoms. The third-order valence-corrected chi connectivity index (χ3v) is 3.98. The Labute approximate surface area is 127 Å². The number of hydrogen-bond donors (Lipinski definition) is 2. The van der Waals surface area contributed by atoms with Crippen LogP contribution < -0.4 is 10.6 Å². The highest BCUT2D eigenvalue weighted by molar-refractivity contribution is 5.92. The average Bonchev–Trinajstić information content (AvgIpc) is 2.64. The SMILES string of the molecule is CC(C)C(=O)Nc1cccc(NC2CCCN(C)CC2)c1. The summed E-state index contributed by atoms with van der Waals surface area (Å²) in [4.78, 5) is 14.1. The van der Waals surface area contributed by atoms with Gasteiger partial charge >= 0.3 is 0 Å². The zero-order valence-corrected chi connectivity index (χ0v) is 13.4. The second-order valence-electron chi connectivity index (χ2n) is 6.30. The van der Waals surface area contributed by atoms with Gasteiger partial charge in [-0.15, -0.1) is 0 Å². The number of nitrogens with one attached hydrogen (secondary N) is 2. The lowest BCUT2D eigenvalue weighted by Gasteiger charge is -2.19. The van der Waals surface area contributed by atoms with Gasteiger partial charge < -0.3 is 15.5 Å². The molecule has 1 heterocycles. The Bertz CT molecular complexity index is 473. The highest BCUT2D eigenvalue weighted by Gasteiger charge is 2.14. The normalized spacial score (nSPS) is 20.1.